The molecule has 3 rings (SSSR count). The van der Waals surface area contributed by atoms with Gasteiger partial charge in [0.25, 0.3) is 0 Å². The minimum Gasteiger partial charge on any atom is -0.494 e. The number of H-pyrrole nitrogens is 1. The van der Waals surface area contributed by atoms with Gasteiger partial charge in [0.1, 0.15) is 5.75 Å². The van der Waals surface area contributed by atoms with Gasteiger partial charge in [0, 0.05) is 33.5 Å². The molecule has 0 fully saturated rings. The van der Waals surface area contributed by atoms with Crippen LogP contribution in [0, 0.1) is 16.7 Å². The van der Waals surface area contributed by atoms with Crippen LogP contribution in [0.1, 0.15) is 54.4 Å². The highest BCUT2D eigenvalue weighted by Gasteiger charge is 2.49. The van der Waals surface area contributed by atoms with Crippen LogP contribution in [-0.2, 0) is 10.8 Å². The van der Waals surface area contributed by atoms with E-state index >= 15 is 0 Å². The van der Waals surface area contributed by atoms with Crippen molar-refractivity contribution in [1.29, 1.82) is 0 Å². The van der Waals surface area contributed by atoms with Crippen LogP contribution in [0.3, 0.4) is 0 Å². The fourth-order valence-corrected chi connectivity index (χ4v) is 5.51. The second-order valence-electron chi connectivity index (χ2n) is 11.0. The Morgan fingerprint density at radius 1 is 1.09 bits per heavy atom. The first-order valence-corrected chi connectivity index (χ1v) is 12.9. The number of rotatable bonds is 7. The van der Waals surface area contributed by atoms with Gasteiger partial charge in [0.2, 0.25) is 5.56 Å². The second kappa shape index (κ2) is 9.59. The predicted molar refractivity (Wildman–Crippen MR) is 137 cm³/mol. The van der Waals surface area contributed by atoms with Crippen molar-refractivity contribution in [2.75, 3.05) is 12.4 Å². The minimum absolute atomic E-state index is 0.121. The molecule has 0 spiro atoms. The Morgan fingerprint density at radius 2 is 1.82 bits per heavy atom. The highest BCUT2D eigenvalue weighted by atomic mass is 32.2. The minimum atomic E-state index is -1.12. The van der Waals surface area contributed by atoms with Crippen molar-refractivity contribution in [3.8, 4) is 5.75 Å². The molecule has 3 unspecified atom stereocenters. The van der Waals surface area contributed by atoms with E-state index < -0.39 is 16.4 Å². The summed E-state index contributed by atoms with van der Waals surface area (Å²) < 4.78 is 18.8. The van der Waals surface area contributed by atoms with E-state index in [2.05, 4.69) is 25.8 Å². The molecular formula is C27H37NO4S. The Balaban J connectivity index is 1.55. The van der Waals surface area contributed by atoms with E-state index in [4.69, 9.17) is 4.74 Å². The zero-order valence-corrected chi connectivity index (χ0v) is 21.4. The van der Waals surface area contributed by atoms with Gasteiger partial charge in [0.15, 0.2) is 0 Å². The molecule has 1 aliphatic rings. The number of aromatic amines is 1. The highest BCUT2D eigenvalue weighted by Crippen LogP contribution is 2.48. The molecule has 0 radical (unpaired) electrons. The van der Waals surface area contributed by atoms with Crippen molar-refractivity contribution >= 4 is 21.7 Å². The van der Waals surface area contributed by atoms with Gasteiger partial charge in [-0.1, -0.05) is 53.7 Å². The zero-order valence-electron chi connectivity index (χ0n) is 20.6. The number of aliphatic hydroxyl groups is 1. The first-order chi connectivity index (χ1) is 15.3. The van der Waals surface area contributed by atoms with Gasteiger partial charge < -0.3 is 14.8 Å². The summed E-state index contributed by atoms with van der Waals surface area (Å²) in [5.41, 5.74) is -0.821. The molecule has 1 aromatic heterocycles. The third kappa shape index (κ3) is 5.85. The van der Waals surface area contributed by atoms with E-state index in [1.807, 2.05) is 57.2 Å². The Labute approximate surface area is 199 Å². The number of unbranched alkanes of at least 4 members (excludes halogenated alkanes) is 1. The topological polar surface area (TPSA) is 79.4 Å². The molecule has 1 aromatic carbocycles. The molecule has 180 valence electrons. The molecule has 1 heterocycles. The van der Waals surface area contributed by atoms with Gasteiger partial charge in [-0.3, -0.25) is 9.00 Å². The summed E-state index contributed by atoms with van der Waals surface area (Å²) in [6.45, 7) is 13.0. The van der Waals surface area contributed by atoms with Crippen molar-refractivity contribution in [2.24, 2.45) is 16.7 Å². The summed E-state index contributed by atoms with van der Waals surface area (Å²) in [6.07, 6.45) is 7.30. The number of allylic oxidation sites excluding steroid dienone is 1. The lowest BCUT2D eigenvalue weighted by Gasteiger charge is -2.49. The molecule has 0 aliphatic heterocycles. The average Bonchev–Trinajstić information content (AvgIpc) is 2.72. The molecule has 2 aromatic rings. The SMILES string of the molecule is CC(C)(C)C1C=C(S(=O)CCCCOc2ccc3[nH]c(=O)ccc3c2)C=CC1(O)C(C)(C)C. The summed E-state index contributed by atoms with van der Waals surface area (Å²) in [5, 5.41) is 12.4. The lowest BCUT2D eigenvalue weighted by Crippen LogP contribution is -2.52. The highest BCUT2D eigenvalue weighted by molar-refractivity contribution is 7.89. The number of nitrogens with one attached hydrogen (secondary N) is 1. The van der Waals surface area contributed by atoms with Crippen LogP contribution in [0.25, 0.3) is 10.9 Å². The average molecular weight is 472 g/mol. The molecule has 0 bridgehead atoms. The molecule has 0 saturated heterocycles. The first kappa shape index (κ1) is 25.4. The summed E-state index contributed by atoms with van der Waals surface area (Å²) in [7, 11) is -1.12. The smallest absolute Gasteiger partial charge is 0.248 e. The molecule has 5 nitrogen and oxygen atoms in total. The summed E-state index contributed by atoms with van der Waals surface area (Å²) in [4.78, 5) is 15.0. The van der Waals surface area contributed by atoms with Crippen molar-refractivity contribution in [3.63, 3.8) is 0 Å². The second-order valence-corrected chi connectivity index (χ2v) is 12.6. The Bertz CT molecular complexity index is 1130. The van der Waals surface area contributed by atoms with Crippen molar-refractivity contribution in [3.05, 3.63) is 63.8 Å². The molecule has 3 atom stereocenters. The summed E-state index contributed by atoms with van der Waals surface area (Å²) >= 11 is 0. The summed E-state index contributed by atoms with van der Waals surface area (Å²) in [6, 6.07) is 8.87. The molecule has 33 heavy (non-hydrogen) atoms. The third-order valence-corrected chi connectivity index (χ3v) is 7.85. The van der Waals surface area contributed by atoms with E-state index in [1.54, 1.807) is 6.07 Å². The third-order valence-electron chi connectivity index (χ3n) is 6.39. The standard InChI is InChI=1S/C27H37NO4S/c1-25(2,3)23-18-21(13-14-27(23,30)26(4,5)6)33(31)16-8-7-15-32-20-10-11-22-19(17-20)9-12-24(29)28-22/h9-14,17-18,23,30H,7-8,15-16H2,1-6H3,(H,28,29). The maximum absolute atomic E-state index is 13.0. The maximum Gasteiger partial charge on any atom is 0.248 e. The van der Waals surface area contributed by atoms with Crippen LogP contribution >= 0.6 is 0 Å². The Morgan fingerprint density at radius 3 is 2.48 bits per heavy atom. The Hall–Kier alpha value is -2.18. The van der Waals surface area contributed by atoms with E-state index in [-0.39, 0.29) is 22.3 Å². The van der Waals surface area contributed by atoms with E-state index in [0.29, 0.717) is 12.4 Å². The number of ether oxygens (including phenoxy) is 1. The monoisotopic (exact) mass is 471 g/mol. The van der Waals surface area contributed by atoms with E-state index in [1.165, 1.54) is 6.07 Å². The lowest BCUT2D eigenvalue weighted by atomic mass is 9.60. The number of aromatic nitrogens is 1. The number of hydrogen-bond acceptors (Lipinski definition) is 4. The molecule has 2 N–H and O–H groups in total. The van der Waals surface area contributed by atoms with Crippen molar-refractivity contribution in [1.82, 2.24) is 4.98 Å². The fraction of sp³-hybridized carbons (Fsp3) is 0.519. The predicted octanol–water partition coefficient (Wildman–Crippen LogP) is 5.33. The Kier molecular flexibility index (Phi) is 7.39. The van der Waals surface area contributed by atoms with Crippen molar-refractivity contribution < 1.29 is 14.1 Å². The van der Waals surface area contributed by atoms with E-state index in [9.17, 15) is 14.1 Å². The molecular weight excluding hydrogens is 434 g/mol. The lowest BCUT2D eigenvalue weighted by molar-refractivity contribution is -0.0801. The maximum atomic E-state index is 13.0. The van der Waals surface area contributed by atoms with Crippen molar-refractivity contribution in [2.45, 2.75) is 60.0 Å². The summed E-state index contributed by atoms with van der Waals surface area (Å²) in [5.74, 6) is 1.19. The largest absolute Gasteiger partial charge is 0.494 e. The van der Waals surface area contributed by atoms with Crippen LogP contribution in [0.2, 0.25) is 0 Å². The van der Waals surface area contributed by atoms with Crippen LogP contribution in [0.15, 0.2) is 58.3 Å². The zero-order chi connectivity index (χ0) is 24.4. The van der Waals surface area contributed by atoms with Gasteiger partial charge in [-0.2, -0.15) is 0 Å². The molecule has 0 saturated carbocycles. The quantitative estimate of drug-likeness (QED) is 0.535. The number of pyridine rings is 1. The van der Waals surface area contributed by atoms with Gasteiger partial charge in [-0.25, -0.2) is 0 Å². The fourth-order valence-electron chi connectivity index (χ4n) is 4.30. The van der Waals surface area contributed by atoms with E-state index in [0.717, 1.165) is 34.4 Å². The van der Waals surface area contributed by atoms with Gasteiger partial charge in [0.05, 0.1) is 23.0 Å². The van der Waals surface area contributed by atoms with Crippen LogP contribution in [0.5, 0.6) is 5.75 Å². The van der Waals surface area contributed by atoms with Crippen LogP contribution in [-0.4, -0.2) is 32.3 Å². The number of hydrogen-bond donors (Lipinski definition) is 2. The first-order valence-electron chi connectivity index (χ1n) is 11.6. The molecule has 0 amide bonds. The number of benzene rings is 1. The van der Waals surface area contributed by atoms with Gasteiger partial charge in [-0.15, -0.1) is 0 Å². The number of fused-ring (bicyclic) bond motifs is 1. The van der Waals surface area contributed by atoms with Crippen LogP contribution < -0.4 is 10.3 Å². The van der Waals surface area contributed by atoms with Gasteiger partial charge in [-0.05, 0) is 54.0 Å². The van der Waals surface area contributed by atoms with Crippen LogP contribution in [0.4, 0.5) is 0 Å². The molecule has 1 aliphatic carbocycles. The molecule has 6 heteroatoms. The normalized spacial score (nSPS) is 22.3. The van der Waals surface area contributed by atoms with Gasteiger partial charge >= 0.3 is 0 Å².